The fraction of sp³-hybridized carbons (Fsp3) is 0.652. The first-order chi connectivity index (χ1) is 12.6. The van der Waals surface area contributed by atoms with Crippen LogP contribution in [0.25, 0.3) is 0 Å². The van der Waals surface area contributed by atoms with Gasteiger partial charge in [-0.15, -0.1) is 0 Å². The highest BCUT2D eigenvalue weighted by Gasteiger charge is 2.31. The number of rotatable bonds is 2. The minimum Gasteiger partial charge on any atom is -0.507 e. The topological polar surface area (TPSA) is 32.7 Å². The molecular formula is C23H33NO2. The van der Waals surface area contributed by atoms with Crippen LogP contribution in [0.5, 0.6) is 11.5 Å². The van der Waals surface area contributed by atoms with Gasteiger partial charge in [0.25, 0.3) is 0 Å². The van der Waals surface area contributed by atoms with Crippen molar-refractivity contribution in [2.24, 2.45) is 0 Å². The van der Waals surface area contributed by atoms with E-state index in [1.165, 1.54) is 62.5 Å². The Morgan fingerprint density at radius 1 is 1.04 bits per heavy atom. The number of nitrogens with zero attached hydrogens (tertiary/aromatic N) is 1. The quantitative estimate of drug-likeness (QED) is 0.538. The predicted molar refractivity (Wildman–Crippen MR) is 106 cm³/mol. The van der Waals surface area contributed by atoms with E-state index in [1.807, 2.05) is 6.07 Å². The molecule has 3 heteroatoms. The van der Waals surface area contributed by atoms with Crippen LogP contribution in [0, 0.1) is 6.92 Å². The number of aromatic hydroxyl groups is 1. The van der Waals surface area contributed by atoms with E-state index >= 15 is 0 Å². The fourth-order valence-corrected chi connectivity index (χ4v) is 5.14. The number of allylic oxidation sites excluding steroid dienone is 2. The number of ether oxygens (including phenoxy) is 1. The molecule has 1 aliphatic heterocycles. The van der Waals surface area contributed by atoms with E-state index in [2.05, 4.69) is 24.8 Å². The number of benzene rings is 1. The molecule has 1 aromatic rings. The molecule has 142 valence electrons. The average Bonchev–Trinajstić information content (AvgIpc) is 2.91. The van der Waals surface area contributed by atoms with Crippen molar-refractivity contribution < 1.29 is 9.84 Å². The number of aryl methyl sites for hydroxylation is 1. The Morgan fingerprint density at radius 2 is 1.81 bits per heavy atom. The van der Waals surface area contributed by atoms with Gasteiger partial charge < -0.3 is 9.84 Å². The lowest BCUT2D eigenvalue weighted by Gasteiger charge is -2.37. The first kappa shape index (κ1) is 17.9. The third-order valence-corrected chi connectivity index (χ3v) is 6.64. The van der Waals surface area contributed by atoms with E-state index in [1.54, 1.807) is 0 Å². The van der Waals surface area contributed by atoms with E-state index in [0.29, 0.717) is 24.4 Å². The van der Waals surface area contributed by atoms with Crippen molar-refractivity contribution in [3.63, 3.8) is 0 Å². The molecule has 0 radical (unpaired) electrons. The molecule has 26 heavy (non-hydrogen) atoms. The Morgan fingerprint density at radius 3 is 2.54 bits per heavy atom. The second-order valence-electron chi connectivity index (χ2n) is 8.61. The van der Waals surface area contributed by atoms with E-state index < -0.39 is 0 Å². The fourth-order valence-electron chi connectivity index (χ4n) is 5.14. The molecule has 4 rings (SSSR count). The highest BCUT2D eigenvalue weighted by Crippen LogP contribution is 2.46. The molecule has 1 aromatic carbocycles. The molecule has 3 nitrogen and oxygen atoms in total. The SMILES string of the molecule is CC1=CC(c2c(O)cc(C)c3c2OCN(C2CCCCCC2)C3)CCC1. The van der Waals surface area contributed by atoms with Gasteiger partial charge in [0, 0.05) is 29.6 Å². The second kappa shape index (κ2) is 7.64. The van der Waals surface area contributed by atoms with Gasteiger partial charge in [-0.2, -0.15) is 0 Å². The number of fused-ring (bicyclic) bond motifs is 1. The van der Waals surface area contributed by atoms with Crippen LogP contribution in [-0.4, -0.2) is 22.8 Å². The summed E-state index contributed by atoms with van der Waals surface area (Å²) in [6.45, 7) is 5.96. The first-order valence-electron chi connectivity index (χ1n) is 10.5. The maximum atomic E-state index is 10.7. The summed E-state index contributed by atoms with van der Waals surface area (Å²) >= 11 is 0. The molecule has 1 saturated carbocycles. The summed E-state index contributed by atoms with van der Waals surface area (Å²) in [6, 6.07) is 2.62. The zero-order chi connectivity index (χ0) is 18.1. The number of phenols is 1. The third kappa shape index (κ3) is 3.51. The maximum Gasteiger partial charge on any atom is 0.142 e. The van der Waals surface area contributed by atoms with E-state index in [9.17, 15) is 5.11 Å². The van der Waals surface area contributed by atoms with E-state index in [-0.39, 0.29) is 0 Å². The van der Waals surface area contributed by atoms with Crippen molar-refractivity contribution in [3.05, 3.63) is 34.4 Å². The van der Waals surface area contributed by atoms with Crippen LogP contribution in [-0.2, 0) is 6.54 Å². The van der Waals surface area contributed by atoms with Crippen LogP contribution in [0.2, 0.25) is 0 Å². The van der Waals surface area contributed by atoms with Crippen molar-refractivity contribution >= 4 is 0 Å². The minimum absolute atomic E-state index is 0.294. The minimum atomic E-state index is 0.294. The van der Waals surface area contributed by atoms with Crippen molar-refractivity contribution in [3.8, 4) is 11.5 Å². The van der Waals surface area contributed by atoms with E-state index in [0.717, 1.165) is 29.8 Å². The Hall–Kier alpha value is -1.48. The predicted octanol–water partition coefficient (Wildman–Crippen LogP) is 5.79. The highest BCUT2D eigenvalue weighted by molar-refractivity contribution is 5.57. The summed E-state index contributed by atoms with van der Waals surface area (Å²) in [4.78, 5) is 2.53. The summed E-state index contributed by atoms with van der Waals surface area (Å²) in [5, 5.41) is 10.7. The summed E-state index contributed by atoms with van der Waals surface area (Å²) in [5.74, 6) is 1.69. The average molecular weight is 356 g/mol. The number of hydrogen-bond acceptors (Lipinski definition) is 3. The summed E-state index contributed by atoms with van der Waals surface area (Å²) in [6.07, 6.45) is 13.9. The van der Waals surface area contributed by atoms with Crippen molar-refractivity contribution in [1.82, 2.24) is 4.90 Å². The first-order valence-corrected chi connectivity index (χ1v) is 10.5. The largest absolute Gasteiger partial charge is 0.507 e. The molecule has 1 atom stereocenters. The standard InChI is InChI=1S/C23H33NO2/c1-16-8-7-9-18(12-16)22-21(25)13-17(2)20-14-24(15-26-23(20)22)19-10-5-3-4-6-11-19/h12-13,18-19,25H,3-11,14-15H2,1-2H3. The zero-order valence-electron chi connectivity index (χ0n) is 16.4. The van der Waals surface area contributed by atoms with Gasteiger partial charge in [-0.3, -0.25) is 4.90 Å². The lowest BCUT2D eigenvalue weighted by Crippen LogP contribution is -2.40. The molecular weight excluding hydrogens is 322 g/mol. The Labute approximate surface area is 158 Å². The molecule has 2 aliphatic carbocycles. The van der Waals surface area contributed by atoms with Crippen LogP contribution in [0.3, 0.4) is 0 Å². The van der Waals surface area contributed by atoms with Crippen molar-refractivity contribution in [1.29, 1.82) is 0 Å². The molecule has 1 unspecified atom stereocenters. The normalized spacial score (nSPS) is 25.2. The van der Waals surface area contributed by atoms with Gasteiger partial charge >= 0.3 is 0 Å². The van der Waals surface area contributed by atoms with Gasteiger partial charge in [0.15, 0.2) is 0 Å². The van der Waals surface area contributed by atoms with Crippen molar-refractivity contribution in [2.75, 3.05) is 6.73 Å². The Bertz CT molecular complexity index is 686. The summed E-state index contributed by atoms with van der Waals surface area (Å²) in [7, 11) is 0. The maximum absolute atomic E-state index is 10.7. The summed E-state index contributed by atoms with van der Waals surface area (Å²) in [5.41, 5.74) is 4.93. The highest BCUT2D eigenvalue weighted by atomic mass is 16.5. The lowest BCUT2D eigenvalue weighted by molar-refractivity contribution is 0.0477. The Kier molecular flexibility index (Phi) is 5.26. The number of hydrogen-bond donors (Lipinski definition) is 1. The monoisotopic (exact) mass is 355 g/mol. The van der Waals surface area contributed by atoms with Gasteiger partial charge in [-0.25, -0.2) is 0 Å². The van der Waals surface area contributed by atoms with E-state index in [4.69, 9.17) is 4.74 Å². The molecule has 0 amide bonds. The summed E-state index contributed by atoms with van der Waals surface area (Å²) < 4.78 is 6.35. The number of phenolic OH excluding ortho intramolecular Hbond substituents is 1. The zero-order valence-corrected chi connectivity index (χ0v) is 16.4. The molecule has 0 aromatic heterocycles. The van der Waals surface area contributed by atoms with Crippen LogP contribution in [0.4, 0.5) is 0 Å². The molecule has 1 N–H and O–H groups in total. The van der Waals surface area contributed by atoms with Crippen LogP contribution in [0.15, 0.2) is 17.7 Å². The molecule has 0 spiro atoms. The van der Waals surface area contributed by atoms with Crippen LogP contribution in [0.1, 0.15) is 87.3 Å². The lowest BCUT2D eigenvalue weighted by atomic mass is 9.83. The molecule has 1 fully saturated rings. The van der Waals surface area contributed by atoms with Gasteiger partial charge in [-0.05, 0) is 57.6 Å². The molecule has 0 bridgehead atoms. The van der Waals surface area contributed by atoms with Crippen molar-refractivity contribution in [2.45, 2.75) is 90.1 Å². The molecule has 3 aliphatic rings. The smallest absolute Gasteiger partial charge is 0.142 e. The van der Waals surface area contributed by atoms with Gasteiger partial charge in [0.05, 0.1) is 0 Å². The second-order valence-corrected chi connectivity index (χ2v) is 8.61. The Balaban J connectivity index is 1.64. The van der Waals surface area contributed by atoms with Gasteiger partial charge in [-0.1, -0.05) is 37.3 Å². The van der Waals surface area contributed by atoms with Crippen LogP contribution < -0.4 is 4.74 Å². The molecule has 0 saturated heterocycles. The van der Waals surface area contributed by atoms with Crippen LogP contribution >= 0.6 is 0 Å². The third-order valence-electron chi connectivity index (χ3n) is 6.64. The van der Waals surface area contributed by atoms with Gasteiger partial charge in [0.2, 0.25) is 0 Å². The van der Waals surface area contributed by atoms with Gasteiger partial charge in [0.1, 0.15) is 18.2 Å². The molecule has 1 heterocycles.